The van der Waals surface area contributed by atoms with E-state index in [0.717, 1.165) is 18.7 Å². The van der Waals surface area contributed by atoms with Gasteiger partial charge in [-0.1, -0.05) is 44.2 Å². The number of amides is 1. The number of carbonyl (C=O) groups excluding carboxylic acids is 1. The molecule has 19 heavy (non-hydrogen) atoms. The van der Waals surface area contributed by atoms with Crippen molar-refractivity contribution in [1.29, 1.82) is 0 Å². The van der Waals surface area contributed by atoms with Crippen LogP contribution in [0, 0.1) is 0 Å². The first-order valence-corrected chi connectivity index (χ1v) is 7.02. The van der Waals surface area contributed by atoms with Gasteiger partial charge in [0.05, 0.1) is 5.54 Å². The van der Waals surface area contributed by atoms with E-state index in [1.807, 2.05) is 44.2 Å². The summed E-state index contributed by atoms with van der Waals surface area (Å²) in [4.78, 5) is 12.0. The fourth-order valence-corrected chi connectivity index (χ4v) is 2.05. The normalized spacial score (nSPS) is 17.0. The average Bonchev–Trinajstić information content (AvgIpc) is 2.48. The summed E-state index contributed by atoms with van der Waals surface area (Å²) in [5.74, 6) is -0.0390. The van der Waals surface area contributed by atoms with Crippen LogP contribution in [-0.4, -0.2) is 24.5 Å². The van der Waals surface area contributed by atoms with Crippen molar-refractivity contribution in [1.82, 2.24) is 10.6 Å². The highest BCUT2D eigenvalue weighted by atomic mass is 16.2. The molecule has 0 aliphatic carbocycles. The van der Waals surface area contributed by atoms with Gasteiger partial charge in [-0.15, -0.1) is 0 Å². The van der Waals surface area contributed by atoms with Crippen LogP contribution in [0.25, 0.3) is 0 Å². The molecule has 0 spiro atoms. The second kappa shape index (κ2) is 7.92. The summed E-state index contributed by atoms with van der Waals surface area (Å²) in [5.41, 5.74) is 6.52. The molecular weight excluding hydrogens is 238 g/mol. The van der Waals surface area contributed by atoms with Crippen molar-refractivity contribution in [2.45, 2.75) is 38.8 Å². The van der Waals surface area contributed by atoms with E-state index < -0.39 is 5.54 Å². The van der Waals surface area contributed by atoms with Crippen LogP contribution >= 0.6 is 0 Å². The Hall–Kier alpha value is -1.39. The standard InChI is InChI=1S/C13H19N3O.C2H6/c14-13(6-8-15-9-7-13)12(17)16-10-11-4-2-1-3-5-11;1-2/h1-5,15H,6-10,14H2,(H,16,17);1-2H3. The monoisotopic (exact) mass is 263 g/mol. The van der Waals surface area contributed by atoms with Crippen LogP contribution in [0.3, 0.4) is 0 Å². The average molecular weight is 263 g/mol. The van der Waals surface area contributed by atoms with Crippen molar-refractivity contribution < 1.29 is 4.79 Å². The van der Waals surface area contributed by atoms with Gasteiger partial charge >= 0.3 is 0 Å². The number of nitrogens with two attached hydrogens (primary N) is 1. The van der Waals surface area contributed by atoms with Gasteiger partial charge in [0, 0.05) is 6.54 Å². The van der Waals surface area contributed by atoms with E-state index in [9.17, 15) is 4.79 Å². The van der Waals surface area contributed by atoms with E-state index in [0.29, 0.717) is 19.4 Å². The zero-order chi connectivity index (χ0) is 14.1. The summed E-state index contributed by atoms with van der Waals surface area (Å²) < 4.78 is 0. The molecule has 1 saturated heterocycles. The van der Waals surface area contributed by atoms with E-state index >= 15 is 0 Å². The van der Waals surface area contributed by atoms with E-state index in [4.69, 9.17) is 5.73 Å². The predicted octanol–water partition coefficient (Wildman–Crippen LogP) is 1.41. The maximum atomic E-state index is 12.0. The Morgan fingerprint density at radius 3 is 2.42 bits per heavy atom. The molecular formula is C15H25N3O. The second-order valence-electron chi connectivity index (χ2n) is 4.57. The number of carbonyl (C=O) groups is 1. The number of nitrogens with one attached hydrogen (secondary N) is 2. The third-order valence-corrected chi connectivity index (χ3v) is 3.24. The number of rotatable bonds is 3. The van der Waals surface area contributed by atoms with Gasteiger partial charge in [0.1, 0.15) is 0 Å². The summed E-state index contributed by atoms with van der Waals surface area (Å²) >= 11 is 0. The minimum absolute atomic E-state index is 0.0390. The van der Waals surface area contributed by atoms with Crippen LogP contribution < -0.4 is 16.4 Å². The lowest BCUT2D eigenvalue weighted by Crippen LogP contribution is -2.58. The summed E-state index contributed by atoms with van der Waals surface area (Å²) in [5, 5.41) is 6.13. The molecule has 1 fully saturated rings. The third kappa shape index (κ3) is 4.65. The molecule has 1 aromatic rings. The van der Waals surface area contributed by atoms with Crippen LogP contribution in [-0.2, 0) is 11.3 Å². The molecule has 0 bridgehead atoms. The Kier molecular flexibility index (Phi) is 6.53. The highest BCUT2D eigenvalue weighted by Crippen LogP contribution is 2.15. The van der Waals surface area contributed by atoms with Gasteiger partial charge in [0.2, 0.25) is 5.91 Å². The summed E-state index contributed by atoms with van der Waals surface area (Å²) in [6.45, 7) is 6.18. The van der Waals surface area contributed by atoms with Gasteiger partial charge in [-0.2, -0.15) is 0 Å². The summed E-state index contributed by atoms with van der Waals surface area (Å²) in [6, 6.07) is 9.87. The minimum atomic E-state index is -0.694. The van der Waals surface area contributed by atoms with Crippen LogP contribution in [0.5, 0.6) is 0 Å². The molecule has 4 heteroatoms. The third-order valence-electron chi connectivity index (χ3n) is 3.24. The summed E-state index contributed by atoms with van der Waals surface area (Å²) in [6.07, 6.45) is 1.40. The molecule has 4 N–H and O–H groups in total. The Morgan fingerprint density at radius 1 is 1.26 bits per heavy atom. The molecule has 2 rings (SSSR count). The Labute approximate surface area is 115 Å². The van der Waals surface area contributed by atoms with Crippen molar-refractivity contribution in [3.05, 3.63) is 35.9 Å². The van der Waals surface area contributed by atoms with Gasteiger partial charge in [-0.25, -0.2) is 0 Å². The predicted molar refractivity (Wildman–Crippen MR) is 78.7 cm³/mol. The van der Waals surface area contributed by atoms with E-state index in [-0.39, 0.29) is 5.91 Å². The van der Waals surface area contributed by atoms with Gasteiger partial charge < -0.3 is 16.4 Å². The Bertz CT molecular complexity index is 372. The largest absolute Gasteiger partial charge is 0.350 e. The van der Waals surface area contributed by atoms with Crippen LogP contribution in [0.1, 0.15) is 32.3 Å². The van der Waals surface area contributed by atoms with E-state index in [1.165, 1.54) is 0 Å². The molecule has 0 radical (unpaired) electrons. The van der Waals surface area contributed by atoms with E-state index in [1.54, 1.807) is 0 Å². The molecule has 1 heterocycles. The lowest BCUT2D eigenvalue weighted by Gasteiger charge is -2.32. The fraction of sp³-hybridized carbons (Fsp3) is 0.533. The molecule has 0 aromatic heterocycles. The maximum absolute atomic E-state index is 12.0. The molecule has 1 aromatic carbocycles. The molecule has 1 amide bonds. The highest BCUT2D eigenvalue weighted by molar-refractivity contribution is 5.86. The molecule has 1 aliphatic rings. The summed E-state index contributed by atoms with van der Waals surface area (Å²) in [7, 11) is 0. The lowest BCUT2D eigenvalue weighted by molar-refractivity contribution is -0.127. The number of hydrogen-bond acceptors (Lipinski definition) is 3. The number of benzene rings is 1. The SMILES string of the molecule is CC.NC1(C(=O)NCc2ccccc2)CCNCC1. The van der Waals surface area contributed by atoms with Gasteiger partial charge in [0.25, 0.3) is 0 Å². The smallest absolute Gasteiger partial charge is 0.240 e. The second-order valence-corrected chi connectivity index (χ2v) is 4.57. The zero-order valence-corrected chi connectivity index (χ0v) is 11.9. The molecule has 0 unspecified atom stereocenters. The highest BCUT2D eigenvalue weighted by Gasteiger charge is 2.34. The number of hydrogen-bond donors (Lipinski definition) is 3. The first-order chi connectivity index (χ1) is 9.21. The van der Waals surface area contributed by atoms with Crippen molar-refractivity contribution >= 4 is 5.91 Å². The maximum Gasteiger partial charge on any atom is 0.240 e. The zero-order valence-electron chi connectivity index (χ0n) is 11.9. The van der Waals surface area contributed by atoms with Gasteiger partial charge in [0.15, 0.2) is 0 Å². The van der Waals surface area contributed by atoms with Crippen molar-refractivity contribution in [3.8, 4) is 0 Å². The first kappa shape index (κ1) is 15.7. The molecule has 0 atom stereocenters. The molecule has 1 aliphatic heterocycles. The quantitative estimate of drug-likeness (QED) is 0.772. The topological polar surface area (TPSA) is 67.2 Å². The number of piperidine rings is 1. The van der Waals surface area contributed by atoms with Gasteiger partial charge in [-0.05, 0) is 31.5 Å². The van der Waals surface area contributed by atoms with Crippen molar-refractivity contribution in [3.63, 3.8) is 0 Å². The molecule has 0 saturated carbocycles. The first-order valence-electron chi connectivity index (χ1n) is 7.02. The Balaban J connectivity index is 0.000000861. The lowest BCUT2D eigenvalue weighted by atomic mass is 9.88. The molecule has 106 valence electrons. The van der Waals surface area contributed by atoms with Crippen molar-refractivity contribution in [2.24, 2.45) is 5.73 Å². The fourth-order valence-electron chi connectivity index (χ4n) is 2.05. The van der Waals surface area contributed by atoms with Gasteiger partial charge in [-0.3, -0.25) is 4.79 Å². The van der Waals surface area contributed by atoms with Crippen LogP contribution in [0.2, 0.25) is 0 Å². The van der Waals surface area contributed by atoms with Crippen molar-refractivity contribution in [2.75, 3.05) is 13.1 Å². The Morgan fingerprint density at radius 2 is 1.84 bits per heavy atom. The van der Waals surface area contributed by atoms with Crippen LogP contribution in [0.4, 0.5) is 0 Å². The molecule has 4 nitrogen and oxygen atoms in total. The van der Waals surface area contributed by atoms with E-state index in [2.05, 4.69) is 10.6 Å². The minimum Gasteiger partial charge on any atom is -0.350 e. The van der Waals surface area contributed by atoms with Crippen LogP contribution in [0.15, 0.2) is 30.3 Å².